The Labute approximate surface area is 170 Å². The Morgan fingerprint density at radius 2 is 1.83 bits per heavy atom. The molecule has 2 aromatic carbocycles. The highest BCUT2D eigenvalue weighted by Crippen LogP contribution is 2.25. The average Bonchev–Trinajstić information content (AvgIpc) is 2.71. The van der Waals surface area contributed by atoms with Gasteiger partial charge in [0.15, 0.2) is 0 Å². The number of methoxy groups -OCH3 is 1. The number of aromatic nitrogens is 1. The van der Waals surface area contributed by atoms with Crippen molar-refractivity contribution in [3.63, 3.8) is 0 Å². The average molecular weight is 390 g/mol. The van der Waals surface area contributed by atoms with Crippen molar-refractivity contribution in [1.82, 2.24) is 9.88 Å². The highest BCUT2D eigenvalue weighted by molar-refractivity contribution is 5.73. The SMILES string of the molecule is COC(=O)C1CN(Cc2ccc(-c3ccc(Cc4ccccc4)cn3)c(F)c2)C1. The van der Waals surface area contributed by atoms with Gasteiger partial charge in [-0.3, -0.25) is 14.7 Å². The molecule has 1 aliphatic heterocycles. The number of carbonyl (C=O) groups excluding carboxylic acids is 1. The molecule has 4 nitrogen and oxygen atoms in total. The predicted octanol–water partition coefficient (Wildman–Crippen LogP) is 4.08. The first-order valence-corrected chi connectivity index (χ1v) is 9.70. The summed E-state index contributed by atoms with van der Waals surface area (Å²) < 4.78 is 19.4. The Morgan fingerprint density at radius 3 is 2.48 bits per heavy atom. The monoisotopic (exact) mass is 390 g/mol. The first kappa shape index (κ1) is 19.3. The highest BCUT2D eigenvalue weighted by Gasteiger charge is 2.33. The second kappa shape index (κ2) is 8.53. The molecule has 0 amide bonds. The Morgan fingerprint density at radius 1 is 1.07 bits per heavy atom. The van der Waals surface area contributed by atoms with Gasteiger partial charge in [0.05, 0.1) is 18.7 Å². The summed E-state index contributed by atoms with van der Waals surface area (Å²) in [5, 5.41) is 0. The van der Waals surface area contributed by atoms with Gasteiger partial charge in [-0.05, 0) is 41.3 Å². The number of hydrogen-bond donors (Lipinski definition) is 0. The van der Waals surface area contributed by atoms with Gasteiger partial charge < -0.3 is 4.74 Å². The van der Waals surface area contributed by atoms with Crippen molar-refractivity contribution in [2.24, 2.45) is 5.92 Å². The minimum Gasteiger partial charge on any atom is -0.469 e. The lowest BCUT2D eigenvalue weighted by molar-refractivity contribution is -0.151. The largest absolute Gasteiger partial charge is 0.469 e. The molecule has 0 spiro atoms. The number of esters is 1. The maximum absolute atomic E-state index is 14.7. The summed E-state index contributed by atoms with van der Waals surface area (Å²) in [4.78, 5) is 18.0. The van der Waals surface area contributed by atoms with Gasteiger partial charge in [-0.25, -0.2) is 4.39 Å². The van der Waals surface area contributed by atoms with Crippen LogP contribution < -0.4 is 0 Å². The predicted molar refractivity (Wildman–Crippen MR) is 110 cm³/mol. The van der Waals surface area contributed by atoms with E-state index in [1.807, 2.05) is 42.6 Å². The van der Waals surface area contributed by atoms with Crippen LogP contribution in [0.4, 0.5) is 4.39 Å². The molecule has 2 heterocycles. The van der Waals surface area contributed by atoms with Gasteiger partial charge in [0.25, 0.3) is 0 Å². The van der Waals surface area contributed by atoms with Crippen LogP contribution in [-0.2, 0) is 22.5 Å². The number of hydrogen-bond acceptors (Lipinski definition) is 4. The second-order valence-electron chi connectivity index (χ2n) is 7.44. The molecule has 3 aromatic rings. The third-order valence-electron chi connectivity index (χ3n) is 5.28. The van der Waals surface area contributed by atoms with Crippen LogP contribution >= 0.6 is 0 Å². The van der Waals surface area contributed by atoms with Gasteiger partial charge in [-0.2, -0.15) is 0 Å². The summed E-state index contributed by atoms with van der Waals surface area (Å²) >= 11 is 0. The molecule has 0 radical (unpaired) electrons. The van der Waals surface area contributed by atoms with Crippen molar-refractivity contribution in [2.75, 3.05) is 20.2 Å². The van der Waals surface area contributed by atoms with Crippen LogP contribution in [0.2, 0.25) is 0 Å². The molecule has 1 aromatic heterocycles. The molecular weight excluding hydrogens is 367 g/mol. The maximum Gasteiger partial charge on any atom is 0.311 e. The molecule has 1 aliphatic rings. The zero-order valence-electron chi connectivity index (χ0n) is 16.3. The summed E-state index contributed by atoms with van der Waals surface area (Å²) in [6.45, 7) is 1.93. The van der Waals surface area contributed by atoms with E-state index in [4.69, 9.17) is 4.74 Å². The summed E-state index contributed by atoms with van der Waals surface area (Å²) in [6.07, 6.45) is 2.61. The number of ether oxygens (including phenoxy) is 1. The van der Waals surface area contributed by atoms with E-state index in [2.05, 4.69) is 22.0 Å². The number of pyridine rings is 1. The number of benzene rings is 2. The zero-order valence-corrected chi connectivity index (χ0v) is 16.3. The van der Waals surface area contributed by atoms with Gasteiger partial charge in [-0.15, -0.1) is 0 Å². The van der Waals surface area contributed by atoms with Gasteiger partial charge in [0.1, 0.15) is 5.82 Å². The Hall–Kier alpha value is -3.05. The fraction of sp³-hybridized carbons (Fsp3) is 0.250. The van der Waals surface area contributed by atoms with Gasteiger partial charge in [-0.1, -0.05) is 42.5 Å². The lowest BCUT2D eigenvalue weighted by Gasteiger charge is -2.37. The standard InChI is InChI=1S/C24H23FN2O2/c1-29-24(28)20-15-27(16-20)14-19-7-9-21(22(25)12-19)23-10-8-18(13-26-23)11-17-5-3-2-4-6-17/h2-10,12-13,20H,11,14-16H2,1H3. The van der Waals surface area contributed by atoms with E-state index in [0.717, 1.165) is 17.5 Å². The summed E-state index contributed by atoms with van der Waals surface area (Å²) in [5.41, 5.74) is 4.32. The third kappa shape index (κ3) is 4.51. The molecule has 1 saturated heterocycles. The van der Waals surface area contributed by atoms with Crippen molar-refractivity contribution in [2.45, 2.75) is 13.0 Å². The van der Waals surface area contributed by atoms with Crippen LogP contribution in [0, 0.1) is 11.7 Å². The molecule has 4 rings (SSSR count). The third-order valence-corrected chi connectivity index (χ3v) is 5.28. The van der Waals surface area contributed by atoms with Crippen LogP contribution in [0.3, 0.4) is 0 Å². The number of likely N-dealkylation sites (tertiary alicyclic amines) is 1. The molecule has 0 aliphatic carbocycles. The van der Waals surface area contributed by atoms with E-state index in [0.29, 0.717) is 30.9 Å². The van der Waals surface area contributed by atoms with Crippen molar-refractivity contribution >= 4 is 5.97 Å². The minimum atomic E-state index is -0.282. The second-order valence-corrected chi connectivity index (χ2v) is 7.44. The molecule has 5 heteroatoms. The Balaban J connectivity index is 1.40. The molecule has 1 fully saturated rings. The lowest BCUT2D eigenvalue weighted by Crippen LogP contribution is -2.49. The fourth-order valence-corrected chi connectivity index (χ4v) is 3.66. The number of halogens is 1. The Kier molecular flexibility index (Phi) is 5.67. The molecule has 0 N–H and O–H groups in total. The van der Waals surface area contributed by atoms with Crippen molar-refractivity contribution in [3.8, 4) is 11.3 Å². The van der Waals surface area contributed by atoms with E-state index in [-0.39, 0.29) is 17.7 Å². The Bertz CT molecular complexity index is 984. The molecule has 148 valence electrons. The smallest absolute Gasteiger partial charge is 0.311 e. The van der Waals surface area contributed by atoms with Gasteiger partial charge >= 0.3 is 5.97 Å². The molecule has 29 heavy (non-hydrogen) atoms. The summed E-state index contributed by atoms with van der Waals surface area (Å²) in [7, 11) is 1.40. The van der Waals surface area contributed by atoms with E-state index < -0.39 is 0 Å². The van der Waals surface area contributed by atoms with Crippen LogP contribution in [0.1, 0.15) is 16.7 Å². The number of rotatable bonds is 6. The van der Waals surface area contributed by atoms with Crippen molar-refractivity contribution in [3.05, 3.63) is 89.4 Å². The fourth-order valence-electron chi connectivity index (χ4n) is 3.66. The molecule has 0 bridgehead atoms. The van der Waals surface area contributed by atoms with Crippen LogP contribution in [0.5, 0.6) is 0 Å². The quantitative estimate of drug-likeness (QED) is 0.595. The lowest BCUT2D eigenvalue weighted by atomic mass is 9.99. The molecule has 0 saturated carbocycles. The normalized spacial score (nSPS) is 14.4. The van der Waals surface area contributed by atoms with Gasteiger partial charge in [0.2, 0.25) is 0 Å². The first-order valence-electron chi connectivity index (χ1n) is 9.70. The van der Waals surface area contributed by atoms with E-state index in [9.17, 15) is 9.18 Å². The topological polar surface area (TPSA) is 42.4 Å². The van der Waals surface area contributed by atoms with Crippen LogP contribution in [-0.4, -0.2) is 36.1 Å². The van der Waals surface area contributed by atoms with Crippen LogP contribution in [0.15, 0.2) is 66.9 Å². The molecule has 0 atom stereocenters. The van der Waals surface area contributed by atoms with Crippen LogP contribution in [0.25, 0.3) is 11.3 Å². The molecule has 0 unspecified atom stereocenters. The first-order chi connectivity index (χ1) is 14.1. The highest BCUT2D eigenvalue weighted by atomic mass is 19.1. The van der Waals surface area contributed by atoms with E-state index in [1.165, 1.54) is 12.7 Å². The molecular formula is C24H23FN2O2. The number of nitrogens with zero attached hydrogens (tertiary/aromatic N) is 2. The van der Waals surface area contributed by atoms with Crippen molar-refractivity contribution in [1.29, 1.82) is 0 Å². The zero-order chi connectivity index (χ0) is 20.2. The van der Waals surface area contributed by atoms with Crippen molar-refractivity contribution < 1.29 is 13.9 Å². The summed E-state index contributed by atoms with van der Waals surface area (Å²) in [6, 6.07) is 19.3. The maximum atomic E-state index is 14.7. The minimum absolute atomic E-state index is 0.0669. The number of carbonyl (C=O) groups is 1. The van der Waals surface area contributed by atoms with Gasteiger partial charge in [0, 0.05) is 31.4 Å². The van der Waals surface area contributed by atoms with E-state index >= 15 is 0 Å². The van der Waals surface area contributed by atoms with E-state index in [1.54, 1.807) is 12.1 Å². The summed E-state index contributed by atoms with van der Waals surface area (Å²) in [5.74, 6) is -0.525.